The molecule has 2 amide bonds. The van der Waals surface area contributed by atoms with Gasteiger partial charge in [-0.25, -0.2) is 9.59 Å². The predicted octanol–water partition coefficient (Wildman–Crippen LogP) is 4.97. The molecule has 2 aliphatic rings. The number of ether oxygens (including phenoxy) is 3. The van der Waals surface area contributed by atoms with Crippen LogP contribution in [-0.4, -0.2) is 66.9 Å². The zero-order chi connectivity index (χ0) is 29.1. The van der Waals surface area contributed by atoms with Crippen LogP contribution in [-0.2, 0) is 24.7 Å². The number of rotatable bonds is 8. The Morgan fingerprint density at radius 2 is 1.70 bits per heavy atom. The summed E-state index contributed by atoms with van der Waals surface area (Å²) in [4.78, 5) is 40.4. The molecule has 0 radical (unpaired) electrons. The molecular weight excluding hydrogens is 512 g/mol. The lowest BCUT2D eigenvalue weighted by Gasteiger charge is -2.35. The highest BCUT2D eigenvalue weighted by Crippen LogP contribution is 2.41. The minimum atomic E-state index is -1.12. The van der Waals surface area contributed by atoms with Gasteiger partial charge in [0.1, 0.15) is 29.5 Å². The quantitative estimate of drug-likeness (QED) is 0.475. The molecule has 0 spiro atoms. The van der Waals surface area contributed by atoms with E-state index in [1.807, 2.05) is 69.3 Å². The van der Waals surface area contributed by atoms with Crippen molar-refractivity contribution in [2.75, 3.05) is 20.8 Å². The van der Waals surface area contributed by atoms with Gasteiger partial charge < -0.3 is 29.5 Å². The number of nitrogens with one attached hydrogen (secondary N) is 1. The summed E-state index contributed by atoms with van der Waals surface area (Å²) >= 11 is 0. The minimum Gasteiger partial charge on any atom is -0.497 e. The average Bonchev–Trinajstić information content (AvgIpc) is 3.60. The first kappa shape index (κ1) is 29.4. The van der Waals surface area contributed by atoms with Gasteiger partial charge in [-0.3, -0.25) is 4.79 Å². The summed E-state index contributed by atoms with van der Waals surface area (Å²) in [5.41, 5.74) is 0.994. The number of carboxylic acids is 1. The summed E-state index contributed by atoms with van der Waals surface area (Å²) in [5, 5.41) is 12.9. The monoisotopic (exact) mass is 552 g/mol. The Morgan fingerprint density at radius 1 is 1.02 bits per heavy atom. The van der Waals surface area contributed by atoms with Gasteiger partial charge in [0, 0.05) is 13.5 Å². The Bertz CT molecular complexity index is 1220. The van der Waals surface area contributed by atoms with Gasteiger partial charge in [0.15, 0.2) is 0 Å². The molecule has 2 aromatic rings. The maximum atomic E-state index is 13.9. The summed E-state index contributed by atoms with van der Waals surface area (Å²) in [6, 6.07) is 13.3. The van der Waals surface area contributed by atoms with Crippen molar-refractivity contribution in [2.45, 2.75) is 76.7 Å². The first-order chi connectivity index (χ1) is 19.0. The van der Waals surface area contributed by atoms with Crippen LogP contribution in [0, 0.1) is 5.41 Å². The number of hydrogen-bond acceptors (Lipinski definition) is 6. The first-order valence-corrected chi connectivity index (χ1v) is 13.8. The van der Waals surface area contributed by atoms with Gasteiger partial charge in [-0.05, 0) is 59.9 Å². The maximum absolute atomic E-state index is 13.9. The van der Waals surface area contributed by atoms with E-state index in [9.17, 15) is 19.5 Å². The van der Waals surface area contributed by atoms with Crippen molar-refractivity contribution in [1.29, 1.82) is 0 Å². The Hall–Kier alpha value is -3.59. The van der Waals surface area contributed by atoms with Crippen LogP contribution in [0.5, 0.6) is 5.75 Å². The molecule has 1 aliphatic carbocycles. The molecule has 9 nitrogen and oxygen atoms in total. The molecule has 2 N–H and O–H groups in total. The largest absolute Gasteiger partial charge is 0.497 e. The van der Waals surface area contributed by atoms with Crippen molar-refractivity contribution in [2.24, 2.45) is 5.41 Å². The van der Waals surface area contributed by atoms with Gasteiger partial charge in [-0.2, -0.15) is 0 Å². The highest BCUT2D eigenvalue weighted by atomic mass is 16.6. The van der Waals surface area contributed by atoms with E-state index >= 15 is 0 Å². The number of likely N-dealkylation sites (tertiary alicyclic amines) is 1. The molecule has 1 saturated heterocycles. The van der Waals surface area contributed by atoms with Crippen LogP contribution in [0.3, 0.4) is 0 Å². The molecule has 40 heavy (non-hydrogen) atoms. The smallest absolute Gasteiger partial charge is 0.408 e. The molecule has 1 saturated carbocycles. The molecule has 0 unspecified atom stereocenters. The second-order valence-electron chi connectivity index (χ2n) is 11.8. The zero-order valence-electron chi connectivity index (χ0n) is 23.9. The van der Waals surface area contributed by atoms with Crippen molar-refractivity contribution in [1.82, 2.24) is 10.2 Å². The fourth-order valence-electron chi connectivity index (χ4n) is 5.69. The Labute approximate surface area is 235 Å². The van der Waals surface area contributed by atoms with Crippen molar-refractivity contribution in [3.63, 3.8) is 0 Å². The van der Waals surface area contributed by atoms with Gasteiger partial charge in [0.25, 0.3) is 0 Å². The number of methoxy groups -OCH3 is 2. The van der Waals surface area contributed by atoms with E-state index in [0.717, 1.165) is 48.1 Å². The highest BCUT2D eigenvalue weighted by Gasteiger charge is 2.52. The van der Waals surface area contributed by atoms with Crippen LogP contribution >= 0.6 is 0 Å². The fourth-order valence-corrected chi connectivity index (χ4v) is 5.69. The summed E-state index contributed by atoms with van der Waals surface area (Å²) in [6.07, 6.45) is 2.89. The normalized spacial score (nSPS) is 22.1. The Balaban J connectivity index is 1.58. The summed E-state index contributed by atoms with van der Waals surface area (Å²) < 4.78 is 16.9. The molecule has 3 atom stereocenters. The van der Waals surface area contributed by atoms with Gasteiger partial charge in [0.2, 0.25) is 5.91 Å². The number of benzene rings is 2. The minimum absolute atomic E-state index is 0.0315. The van der Waals surface area contributed by atoms with Crippen molar-refractivity contribution >= 4 is 18.0 Å². The third kappa shape index (κ3) is 6.25. The van der Waals surface area contributed by atoms with E-state index in [1.165, 1.54) is 12.0 Å². The molecule has 1 aliphatic heterocycles. The van der Waals surface area contributed by atoms with E-state index in [1.54, 1.807) is 7.11 Å². The summed E-state index contributed by atoms with van der Waals surface area (Å²) in [7, 11) is 3.15. The van der Waals surface area contributed by atoms with Gasteiger partial charge in [0.05, 0.1) is 13.7 Å². The standard InChI is InChI=1S/C31H40N2O7/c1-30(2,3)26(32-29(37)40-23-10-6-7-11-23)27(34)33-19-31(39-5,18-25(33)28(35)36)22-15-13-20(14-16-22)21-9-8-12-24(17-21)38-4/h8-9,12-17,23,25-26H,6-7,10-11,18-19H2,1-5H3,(H,32,37)(H,35,36)/t25-,26+,31-/m0/s1. The second-order valence-corrected chi connectivity index (χ2v) is 11.8. The number of carbonyl (C=O) groups is 3. The third-order valence-corrected chi connectivity index (χ3v) is 8.05. The van der Waals surface area contributed by atoms with Gasteiger partial charge in [-0.15, -0.1) is 0 Å². The topological polar surface area (TPSA) is 114 Å². The SMILES string of the molecule is COc1cccc(-c2ccc([C@]3(OC)C[C@@H](C(=O)O)N(C(=O)[C@@H](NC(=O)OC4CCCC4)C(C)(C)C)C3)cc2)c1. The van der Waals surface area contributed by atoms with Gasteiger partial charge in [-0.1, -0.05) is 57.2 Å². The molecule has 2 aromatic carbocycles. The first-order valence-electron chi connectivity index (χ1n) is 13.8. The Kier molecular flexibility index (Phi) is 8.73. The molecule has 0 bridgehead atoms. The van der Waals surface area contributed by atoms with Crippen LogP contribution < -0.4 is 10.1 Å². The molecule has 4 rings (SSSR count). The van der Waals surface area contributed by atoms with Crippen LogP contribution in [0.25, 0.3) is 11.1 Å². The maximum Gasteiger partial charge on any atom is 0.408 e. The molecular formula is C31H40N2O7. The highest BCUT2D eigenvalue weighted by molar-refractivity contribution is 5.90. The van der Waals surface area contributed by atoms with E-state index in [2.05, 4.69) is 5.32 Å². The van der Waals surface area contributed by atoms with Crippen LogP contribution in [0.2, 0.25) is 0 Å². The third-order valence-electron chi connectivity index (χ3n) is 8.05. The lowest BCUT2D eigenvalue weighted by atomic mass is 9.85. The van der Waals surface area contributed by atoms with E-state index < -0.39 is 41.1 Å². The average molecular weight is 553 g/mol. The number of alkyl carbamates (subject to hydrolysis) is 1. The predicted molar refractivity (Wildman–Crippen MR) is 150 cm³/mol. The van der Waals surface area contributed by atoms with Crippen molar-refractivity contribution < 1.29 is 33.7 Å². The lowest BCUT2D eigenvalue weighted by molar-refractivity contribution is -0.150. The van der Waals surface area contributed by atoms with Crippen molar-refractivity contribution in [3.8, 4) is 16.9 Å². The lowest BCUT2D eigenvalue weighted by Crippen LogP contribution is -2.57. The number of hydrogen-bond donors (Lipinski definition) is 2. The van der Waals surface area contributed by atoms with Crippen LogP contribution in [0.15, 0.2) is 48.5 Å². The number of carboxylic acid groups (broad SMARTS) is 1. The molecule has 2 fully saturated rings. The second kappa shape index (κ2) is 11.9. The fraction of sp³-hybridized carbons (Fsp3) is 0.516. The zero-order valence-corrected chi connectivity index (χ0v) is 23.9. The number of aliphatic carboxylic acids is 1. The van der Waals surface area contributed by atoms with E-state index in [0.29, 0.717) is 0 Å². The summed E-state index contributed by atoms with van der Waals surface area (Å²) in [5.74, 6) is -0.852. The summed E-state index contributed by atoms with van der Waals surface area (Å²) in [6.45, 7) is 5.53. The van der Waals surface area contributed by atoms with Crippen LogP contribution in [0.1, 0.15) is 58.4 Å². The molecule has 9 heteroatoms. The molecule has 216 valence electrons. The molecule has 0 aromatic heterocycles. The Morgan fingerprint density at radius 3 is 2.27 bits per heavy atom. The number of nitrogens with zero attached hydrogens (tertiary/aromatic N) is 1. The van der Waals surface area contributed by atoms with Crippen molar-refractivity contribution in [3.05, 3.63) is 54.1 Å². The molecule has 1 heterocycles. The van der Waals surface area contributed by atoms with E-state index in [4.69, 9.17) is 14.2 Å². The van der Waals surface area contributed by atoms with Crippen LogP contribution in [0.4, 0.5) is 4.79 Å². The van der Waals surface area contributed by atoms with Gasteiger partial charge >= 0.3 is 12.1 Å². The number of carbonyl (C=O) groups excluding carboxylic acids is 2. The van der Waals surface area contributed by atoms with E-state index in [-0.39, 0.29) is 19.1 Å². The number of amides is 2.